The highest BCUT2D eigenvalue weighted by molar-refractivity contribution is 5.93. The summed E-state index contributed by atoms with van der Waals surface area (Å²) in [5.74, 6) is 1.44. The number of pyridine rings is 1. The lowest BCUT2D eigenvalue weighted by Gasteiger charge is -2.40. The number of nitrogens with one attached hydrogen (secondary N) is 1. The number of hydrogen-bond donors (Lipinski definition) is 1. The molecular formula is C25H32FN5O2. The van der Waals surface area contributed by atoms with Crippen molar-refractivity contribution in [3.8, 4) is 11.5 Å². The molecule has 0 saturated carbocycles. The van der Waals surface area contributed by atoms with Crippen LogP contribution in [-0.4, -0.2) is 53.0 Å². The number of aromatic nitrogens is 3. The van der Waals surface area contributed by atoms with Crippen molar-refractivity contribution in [3.05, 3.63) is 34.9 Å². The number of nitrogens with zero attached hydrogens (tertiary/aromatic N) is 4. The predicted molar refractivity (Wildman–Crippen MR) is 126 cm³/mol. The Labute approximate surface area is 193 Å². The van der Waals surface area contributed by atoms with E-state index >= 15 is 4.39 Å². The molecule has 8 heteroatoms. The number of fused-ring (bicyclic) bond motifs is 1. The predicted octanol–water partition coefficient (Wildman–Crippen LogP) is 4.34. The lowest BCUT2D eigenvalue weighted by Crippen LogP contribution is -2.50. The second kappa shape index (κ2) is 8.99. The highest BCUT2D eigenvalue weighted by Gasteiger charge is 2.32. The molecule has 2 fully saturated rings. The molecule has 0 bridgehead atoms. The Morgan fingerprint density at radius 1 is 1.18 bits per heavy atom. The van der Waals surface area contributed by atoms with Gasteiger partial charge in [0.25, 0.3) is 5.89 Å². The minimum absolute atomic E-state index is 0.226. The zero-order valence-electron chi connectivity index (χ0n) is 19.8. The minimum Gasteiger partial charge on any atom is -0.380 e. The zero-order valence-corrected chi connectivity index (χ0v) is 19.8. The van der Waals surface area contributed by atoms with E-state index in [1.807, 2.05) is 19.9 Å². The van der Waals surface area contributed by atoms with Gasteiger partial charge in [0.15, 0.2) is 5.82 Å². The van der Waals surface area contributed by atoms with Crippen LogP contribution in [0.25, 0.3) is 22.4 Å². The van der Waals surface area contributed by atoms with Gasteiger partial charge in [0.1, 0.15) is 17.2 Å². The van der Waals surface area contributed by atoms with Crippen LogP contribution in [0.5, 0.6) is 0 Å². The van der Waals surface area contributed by atoms with Gasteiger partial charge in [0, 0.05) is 36.7 Å². The highest BCUT2D eigenvalue weighted by Crippen LogP contribution is 2.39. The Bertz CT molecular complexity index is 1160. The summed E-state index contributed by atoms with van der Waals surface area (Å²) < 4.78 is 26.2. The second-order valence-corrected chi connectivity index (χ2v) is 9.40. The summed E-state index contributed by atoms with van der Waals surface area (Å²) in [6, 6.07) is 4.72. The SMILES string of the molecule is CCc1cc(F)c2nc(N3CC[C@@H](N[C@@H]4CCOC4)C[C@H]3C)c(-c3nc(C)no3)c(C)c2c1. The van der Waals surface area contributed by atoms with E-state index in [1.165, 1.54) is 0 Å². The van der Waals surface area contributed by atoms with Crippen LogP contribution in [0.15, 0.2) is 16.7 Å². The molecule has 7 nitrogen and oxygen atoms in total. The molecule has 2 aromatic heterocycles. The molecule has 3 aromatic rings. The average Bonchev–Trinajstić information content (AvgIpc) is 3.46. The van der Waals surface area contributed by atoms with Gasteiger partial charge in [-0.3, -0.25) is 0 Å². The van der Waals surface area contributed by atoms with Gasteiger partial charge in [0.2, 0.25) is 0 Å². The van der Waals surface area contributed by atoms with Gasteiger partial charge >= 0.3 is 0 Å². The zero-order chi connectivity index (χ0) is 23.1. The third-order valence-corrected chi connectivity index (χ3v) is 7.04. The first-order valence-electron chi connectivity index (χ1n) is 12.0. The molecule has 1 N–H and O–H groups in total. The Morgan fingerprint density at radius 3 is 2.70 bits per heavy atom. The summed E-state index contributed by atoms with van der Waals surface area (Å²) in [6.45, 7) is 10.5. The lowest BCUT2D eigenvalue weighted by molar-refractivity contribution is 0.185. The number of ether oxygens (including phenoxy) is 1. The smallest absolute Gasteiger partial charge is 0.261 e. The van der Waals surface area contributed by atoms with Crippen molar-refractivity contribution in [2.24, 2.45) is 0 Å². The molecule has 176 valence electrons. The number of rotatable bonds is 5. The summed E-state index contributed by atoms with van der Waals surface area (Å²) in [6.07, 6.45) is 3.79. The van der Waals surface area contributed by atoms with Gasteiger partial charge < -0.3 is 19.5 Å². The molecule has 33 heavy (non-hydrogen) atoms. The first kappa shape index (κ1) is 22.2. The molecule has 0 amide bonds. The van der Waals surface area contributed by atoms with Crippen LogP contribution >= 0.6 is 0 Å². The summed E-state index contributed by atoms with van der Waals surface area (Å²) in [5, 5.41) is 8.57. The molecule has 0 aliphatic carbocycles. The molecule has 0 radical (unpaired) electrons. The molecule has 2 saturated heterocycles. The van der Waals surface area contributed by atoms with Gasteiger partial charge in [0.05, 0.1) is 12.2 Å². The molecule has 1 aromatic carbocycles. The van der Waals surface area contributed by atoms with Gasteiger partial charge in [-0.15, -0.1) is 0 Å². The molecule has 2 aliphatic rings. The van der Waals surface area contributed by atoms with E-state index in [0.717, 1.165) is 73.3 Å². The van der Waals surface area contributed by atoms with Crippen molar-refractivity contribution >= 4 is 16.7 Å². The van der Waals surface area contributed by atoms with Gasteiger partial charge in [-0.25, -0.2) is 9.37 Å². The number of aryl methyl sites for hydroxylation is 3. The molecule has 0 unspecified atom stereocenters. The summed E-state index contributed by atoms with van der Waals surface area (Å²) in [5.41, 5.74) is 3.07. The third kappa shape index (κ3) is 4.22. The van der Waals surface area contributed by atoms with Crippen LogP contribution < -0.4 is 10.2 Å². The van der Waals surface area contributed by atoms with E-state index in [1.54, 1.807) is 13.0 Å². The number of hydrogen-bond acceptors (Lipinski definition) is 7. The number of benzene rings is 1. The van der Waals surface area contributed by atoms with Crippen LogP contribution in [0.2, 0.25) is 0 Å². The number of piperidine rings is 1. The Balaban J connectivity index is 1.56. The molecule has 5 rings (SSSR count). The largest absolute Gasteiger partial charge is 0.380 e. The van der Waals surface area contributed by atoms with Crippen LogP contribution in [0.1, 0.15) is 50.1 Å². The maximum absolute atomic E-state index is 15.1. The van der Waals surface area contributed by atoms with E-state index < -0.39 is 0 Å². The standard InChI is InChI=1S/C25H32FN5O2/c1-5-17-11-20-15(3)22(25-27-16(4)30-33-25)24(29-23(20)21(26)12-17)31-8-6-18(10-14(31)2)28-19-7-9-32-13-19/h11-12,14,18-19,28H,5-10,13H2,1-4H3/t14-,18-,19-/m1/s1. The first-order valence-corrected chi connectivity index (χ1v) is 12.0. The van der Waals surface area contributed by atoms with Crippen molar-refractivity contribution in [2.45, 2.75) is 71.5 Å². The second-order valence-electron chi connectivity index (χ2n) is 9.40. The van der Waals surface area contributed by atoms with E-state index in [9.17, 15) is 0 Å². The van der Waals surface area contributed by atoms with Crippen LogP contribution in [0.4, 0.5) is 10.2 Å². The Morgan fingerprint density at radius 2 is 2.03 bits per heavy atom. The fourth-order valence-electron chi connectivity index (χ4n) is 5.22. The van der Waals surface area contributed by atoms with E-state index in [-0.39, 0.29) is 11.9 Å². The maximum Gasteiger partial charge on any atom is 0.261 e. The van der Waals surface area contributed by atoms with Crippen molar-refractivity contribution < 1.29 is 13.7 Å². The van der Waals surface area contributed by atoms with Gasteiger partial charge in [-0.2, -0.15) is 4.98 Å². The van der Waals surface area contributed by atoms with Crippen LogP contribution in [0.3, 0.4) is 0 Å². The van der Waals surface area contributed by atoms with Gasteiger partial charge in [-0.1, -0.05) is 12.1 Å². The highest BCUT2D eigenvalue weighted by atomic mass is 19.1. The maximum atomic E-state index is 15.1. The van der Waals surface area contributed by atoms with E-state index in [0.29, 0.717) is 29.3 Å². The van der Waals surface area contributed by atoms with Crippen molar-refractivity contribution in [1.82, 2.24) is 20.4 Å². The van der Waals surface area contributed by atoms with E-state index in [4.69, 9.17) is 14.2 Å². The Kier molecular flexibility index (Phi) is 6.05. The monoisotopic (exact) mass is 453 g/mol. The molecule has 2 aliphatic heterocycles. The number of anilines is 1. The fraction of sp³-hybridized carbons (Fsp3) is 0.560. The summed E-state index contributed by atoms with van der Waals surface area (Å²) in [4.78, 5) is 11.7. The summed E-state index contributed by atoms with van der Waals surface area (Å²) >= 11 is 0. The van der Waals surface area contributed by atoms with Crippen molar-refractivity contribution in [2.75, 3.05) is 24.7 Å². The molecule has 0 spiro atoms. The Hall–Kier alpha value is -2.58. The minimum atomic E-state index is -0.285. The molecule has 4 heterocycles. The van der Waals surface area contributed by atoms with Crippen molar-refractivity contribution in [1.29, 1.82) is 0 Å². The fourth-order valence-corrected chi connectivity index (χ4v) is 5.22. The third-order valence-electron chi connectivity index (χ3n) is 7.04. The normalized spacial score (nSPS) is 23.5. The number of halogens is 1. The van der Waals surface area contributed by atoms with Crippen molar-refractivity contribution in [3.63, 3.8) is 0 Å². The topological polar surface area (TPSA) is 76.3 Å². The average molecular weight is 454 g/mol. The first-order chi connectivity index (χ1) is 15.9. The lowest BCUT2D eigenvalue weighted by atomic mass is 9.95. The molecular weight excluding hydrogens is 421 g/mol. The van der Waals surface area contributed by atoms with Crippen LogP contribution in [-0.2, 0) is 11.2 Å². The summed E-state index contributed by atoms with van der Waals surface area (Å²) in [7, 11) is 0. The quantitative estimate of drug-likeness (QED) is 0.616. The van der Waals surface area contributed by atoms with Gasteiger partial charge in [-0.05, 0) is 69.7 Å². The van der Waals surface area contributed by atoms with E-state index in [2.05, 4.69) is 27.3 Å². The van der Waals surface area contributed by atoms with Crippen LogP contribution in [0, 0.1) is 19.7 Å². The molecule has 3 atom stereocenters.